The van der Waals surface area contributed by atoms with E-state index in [1.54, 1.807) is 18.2 Å². The zero-order chi connectivity index (χ0) is 24.6. The number of halogens is 1. The molecule has 0 aliphatic rings. The topological polar surface area (TPSA) is 141 Å². The maximum absolute atomic E-state index is 12.6. The number of aromatic nitrogens is 1. The second-order valence-corrected chi connectivity index (χ2v) is 12.7. The number of hydrogen-bond acceptors (Lipinski definition) is 7. The molecule has 3 rings (SSSR count). The van der Waals surface area contributed by atoms with Gasteiger partial charge in [0, 0.05) is 28.4 Å². The van der Waals surface area contributed by atoms with Crippen molar-refractivity contribution >= 4 is 65.3 Å². The van der Waals surface area contributed by atoms with E-state index >= 15 is 0 Å². The molecule has 12 heteroatoms. The Morgan fingerprint density at radius 1 is 1.15 bits per heavy atom. The minimum atomic E-state index is -3.77. The molecule has 0 saturated heterocycles. The average molecular weight is 605 g/mol. The normalized spacial score (nSPS) is 12.2. The maximum atomic E-state index is 12.6. The van der Waals surface area contributed by atoms with Crippen LogP contribution in [0.25, 0.3) is 22.4 Å². The van der Waals surface area contributed by atoms with E-state index in [2.05, 4.69) is 27.6 Å². The molecule has 2 N–H and O–H groups in total. The molecule has 33 heavy (non-hydrogen) atoms. The molecule has 0 spiro atoms. The Bertz CT molecular complexity index is 1410. The number of nitrogens with zero attached hydrogens (tertiary/aromatic N) is 2. The molecule has 1 aromatic carbocycles. The smallest absolute Gasteiger partial charge is 0.253 e. The van der Waals surface area contributed by atoms with Crippen LogP contribution in [0, 0.1) is 6.92 Å². The molecule has 0 unspecified atom stereocenters. The van der Waals surface area contributed by atoms with Crippen molar-refractivity contribution < 1.29 is 26.0 Å². The Morgan fingerprint density at radius 2 is 1.79 bits per heavy atom. The number of amides is 1. The highest BCUT2D eigenvalue weighted by atomic mass is 127. The van der Waals surface area contributed by atoms with Gasteiger partial charge in [0.2, 0.25) is 15.7 Å². The number of hydrogen-bond donors (Lipinski definition) is 1. The van der Waals surface area contributed by atoms with E-state index in [9.17, 15) is 21.6 Å². The highest BCUT2D eigenvalue weighted by molar-refractivity contribution is 14.1. The summed E-state index contributed by atoms with van der Waals surface area (Å²) in [7, 11) is -7.03. The third kappa shape index (κ3) is 5.84. The summed E-state index contributed by atoms with van der Waals surface area (Å²) in [6.07, 6.45) is 2.23. The number of anilines is 1. The highest BCUT2D eigenvalue weighted by Crippen LogP contribution is 2.36. The zero-order valence-electron chi connectivity index (χ0n) is 18.3. The monoisotopic (exact) mass is 605 g/mol. The lowest BCUT2D eigenvalue weighted by Gasteiger charge is -2.23. The molecule has 0 radical (unpaired) electrons. The molecule has 0 atom stereocenters. The van der Waals surface area contributed by atoms with Gasteiger partial charge in [-0.2, -0.15) is 4.98 Å². The summed E-state index contributed by atoms with van der Waals surface area (Å²) in [5.41, 5.74) is 8.12. The molecule has 178 valence electrons. The van der Waals surface area contributed by atoms with Crippen molar-refractivity contribution in [3.05, 3.63) is 47.0 Å². The summed E-state index contributed by atoms with van der Waals surface area (Å²) in [6.45, 7) is 1.86. The van der Waals surface area contributed by atoms with E-state index in [1.165, 1.54) is 0 Å². The fraction of sp³-hybridized carbons (Fsp3) is 0.333. The Morgan fingerprint density at radius 3 is 2.30 bits per heavy atom. The number of carbonyl (C=O) groups excluding carboxylic acids is 1. The van der Waals surface area contributed by atoms with Crippen LogP contribution in [-0.2, 0) is 24.3 Å². The Kier molecular flexibility index (Phi) is 7.39. The summed E-state index contributed by atoms with van der Waals surface area (Å²) < 4.78 is 55.5. The van der Waals surface area contributed by atoms with Crippen LogP contribution >= 0.6 is 22.6 Å². The number of fused-ring (bicyclic) bond motifs is 1. The van der Waals surface area contributed by atoms with Crippen molar-refractivity contribution in [1.29, 1.82) is 0 Å². The number of nitrogens with two attached hydrogens (primary N) is 1. The minimum absolute atomic E-state index is 0.0672. The number of pyridine rings is 1. The van der Waals surface area contributed by atoms with Crippen LogP contribution in [0.3, 0.4) is 0 Å². The molecule has 2 heterocycles. The number of benzene rings is 1. The van der Waals surface area contributed by atoms with Crippen LogP contribution in [0.15, 0.2) is 34.7 Å². The van der Waals surface area contributed by atoms with Gasteiger partial charge in [0.15, 0.2) is 0 Å². The first kappa shape index (κ1) is 25.4. The van der Waals surface area contributed by atoms with Crippen molar-refractivity contribution in [2.75, 3.05) is 29.1 Å². The van der Waals surface area contributed by atoms with Crippen LogP contribution in [-0.4, -0.2) is 52.5 Å². The van der Waals surface area contributed by atoms with Gasteiger partial charge in [-0.25, -0.2) is 16.8 Å². The number of rotatable bonds is 9. The lowest BCUT2D eigenvalue weighted by atomic mass is 10.0. The van der Waals surface area contributed by atoms with Crippen LogP contribution in [0.2, 0.25) is 0 Å². The largest absolute Gasteiger partial charge is 0.437 e. The SMILES string of the molecule is Cc1ccc(-c2oc3nc(N(CCCS(C)(=O)=O)S(C)(=O)=O)c(CI)cc3c2C(N)=O)cc1. The van der Waals surface area contributed by atoms with Crippen LogP contribution in [0.4, 0.5) is 5.82 Å². The lowest BCUT2D eigenvalue weighted by Crippen LogP contribution is -2.33. The summed E-state index contributed by atoms with van der Waals surface area (Å²) in [5, 5.41) is 0.387. The quantitative estimate of drug-likeness (QED) is 0.292. The van der Waals surface area contributed by atoms with Gasteiger partial charge >= 0.3 is 0 Å². The Balaban J connectivity index is 2.20. The second kappa shape index (κ2) is 9.58. The van der Waals surface area contributed by atoms with Gasteiger partial charge in [0.25, 0.3) is 5.91 Å². The van der Waals surface area contributed by atoms with Gasteiger partial charge in [-0.05, 0) is 19.4 Å². The molecule has 0 saturated carbocycles. The molecule has 0 fully saturated rings. The van der Waals surface area contributed by atoms with Gasteiger partial charge in [-0.3, -0.25) is 9.10 Å². The maximum Gasteiger partial charge on any atom is 0.253 e. The zero-order valence-corrected chi connectivity index (χ0v) is 22.1. The number of aryl methyl sites for hydroxylation is 1. The van der Waals surface area contributed by atoms with Crippen molar-refractivity contribution in [1.82, 2.24) is 4.98 Å². The highest BCUT2D eigenvalue weighted by Gasteiger charge is 2.27. The molecular weight excluding hydrogens is 581 g/mol. The molecule has 0 bridgehead atoms. The first-order valence-corrected chi connectivity index (χ1v) is 15.3. The molecular formula is C21H24IN3O6S2. The van der Waals surface area contributed by atoms with E-state index < -0.39 is 25.8 Å². The summed E-state index contributed by atoms with van der Waals surface area (Å²) >= 11 is 2.07. The van der Waals surface area contributed by atoms with E-state index in [4.69, 9.17) is 10.2 Å². The molecule has 9 nitrogen and oxygen atoms in total. The molecule has 0 aliphatic carbocycles. The molecule has 1 amide bonds. The first-order valence-electron chi connectivity index (χ1n) is 9.86. The fourth-order valence-corrected chi connectivity index (χ4v) is 5.57. The van der Waals surface area contributed by atoms with Crippen molar-refractivity contribution in [3.8, 4) is 11.3 Å². The van der Waals surface area contributed by atoms with E-state index in [0.717, 1.165) is 22.4 Å². The van der Waals surface area contributed by atoms with Crippen molar-refractivity contribution in [2.45, 2.75) is 17.8 Å². The van der Waals surface area contributed by atoms with Crippen LogP contribution in [0.1, 0.15) is 27.9 Å². The van der Waals surface area contributed by atoms with Crippen molar-refractivity contribution in [2.24, 2.45) is 5.73 Å². The Hall–Kier alpha value is -2.19. The standard InChI is InChI=1S/C21H24IN3O6S2/c1-13-5-7-14(8-6-13)18-17(19(23)26)16-11-15(12-22)20(24-21(16)31-18)25(33(3,29)30)9-4-10-32(2,27)28/h5-8,11H,4,9-10,12H2,1-3H3,(H2,23,26). The molecule has 3 aromatic rings. The average Bonchev–Trinajstić information content (AvgIpc) is 3.07. The van der Waals surface area contributed by atoms with Gasteiger partial charge in [0.1, 0.15) is 21.4 Å². The summed E-state index contributed by atoms with van der Waals surface area (Å²) in [4.78, 5) is 16.8. The number of sulfone groups is 1. The molecule has 2 aromatic heterocycles. The van der Waals surface area contributed by atoms with E-state index in [-0.39, 0.29) is 41.6 Å². The minimum Gasteiger partial charge on any atom is -0.437 e. The lowest BCUT2D eigenvalue weighted by molar-refractivity contribution is 0.100. The fourth-order valence-electron chi connectivity index (χ4n) is 3.42. The summed E-state index contributed by atoms with van der Waals surface area (Å²) in [5.74, 6) is -0.464. The van der Waals surface area contributed by atoms with E-state index in [0.29, 0.717) is 20.9 Å². The Labute approximate surface area is 206 Å². The van der Waals surface area contributed by atoms with Gasteiger partial charge < -0.3 is 10.2 Å². The number of alkyl halides is 1. The predicted octanol–water partition coefficient (Wildman–Crippen LogP) is 3.04. The van der Waals surface area contributed by atoms with Gasteiger partial charge in [-0.1, -0.05) is 52.4 Å². The van der Waals surface area contributed by atoms with Crippen molar-refractivity contribution in [3.63, 3.8) is 0 Å². The summed E-state index contributed by atoms with van der Waals surface area (Å²) in [6, 6.07) is 8.99. The van der Waals surface area contributed by atoms with Crippen LogP contribution in [0.5, 0.6) is 0 Å². The molecule has 0 aliphatic heterocycles. The van der Waals surface area contributed by atoms with Crippen LogP contribution < -0.4 is 10.0 Å². The third-order valence-electron chi connectivity index (χ3n) is 4.96. The number of carbonyl (C=O) groups is 1. The number of furan rings is 1. The number of sulfonamides is 1. The van der Waals surface area contributed by atoms with Gasteiger partial charge in [0.05, 0.1) is 23.0 Å². The predicted molar refractivity (Wildman–Crippen MR) is 137 cm³/mol. The number of primary amides is 1. The van der Waals surface area contributed by atoms with E-state index in [1.807, 2.05) is 19.1 Å². The third-order valence-corrected chi connectivity index (χ3v) is 7.96. The first-order chi connectivity index (χ1) is 15.3. The van der Waals surface area contributed by atoms with Gasteiger partial charge in [-0.15, -0.1) is 0 Å². The second-order valence-electron chi connectivity index (χ2n) is 7.81.